The summed E-state index contributed by atoms with van der Waals surface area (Å²) in [5.74, 6) is -0.0420. The van der Waals surface area contributed by atoms with E-state index in [1.54, 1.807) is 24.5 Å². The van der Waals surface area contributed by atoms with Gasteiger partial charge in [-0.3, -0.25) is 9.78 Å². The van der Waals surface area contributed by atoms with E-state index in [2.05, 4.69) is 10.3 Å². The fraction of sp³-hybridized carbons (Fsp3) is 0.400. The maximum absolute atomic E-state index is 11.5. The molecule has 1 amide bonds. The molecule has 0 aromatic carbocycles. The number of rotatable bonds is 3. The first-order chi connectivity index (χ1) is 6.61. The Bertz CT molecular complexity index is 297. The van der Waals surface area contributed by atoms with Crippen molar-refractivity contribution in [1.82, 2.24) is 4.98 Å². The van der Waals surface area contributed by atoms with Gasteiger partial charge in [-0.2, -0.15) is 0 Å². The highest BCUT2D eigenvalue weighted by Crippen LogP contribution is 2.05. The summed E-state index contributed by atoms with van der Waals surface area (Å²) in [7, 11) is 0. The van der Waals surface area contributed by atoms with Crippen LogP contribution in [0.5, 0.6) is 0 Å². The number of hydrogen-bond acceptors (Lipinski definition) is 3. The van der Waals surface area contributed by atoms with Gasteiger partial charge in [0, 0.05) is 6.20 Å². The number of anilines is 1. The van der Waals surface area contributed by atoms with E-state index in [9.17, 15) is 4.79 Å². The van der Waals surface area contributed by atoms with Gasteiger partial charge in [0.05, 0.1) is 17.9 Å². The summed E-state index contributed by atoms with van der Waals surface area (Å²) in [6.07, 6.45) is 3.24. The molecule has 14 heavy (non-hydrogen) atoms. The minimum Gasteiger partial charge on any atom is -0.323 e. The second-order valence-corrected chi connectivity index (χ2v) is 3.50. The van der Waals surface area contributed by atoms with Crippen molar-refractivity contribution < 1.29 is 4.79 Å². The van der Waals surface area contributed by atoms with E-state index < -0.39 is 6.04 Å². The Morgan fingerprint density at radius 2 is 2.29 bits per heavy atom. The van der Waals surface area contributed by atoms with E-state index >= 15 is 0 Å². The van der Waals surface area contributed by atoms with Crippen molar-refractivity contribution in [2.45, 2.75) is 19.9 Å². The first-order valence-corrected chi connectivity index (χ1v) is 4.57. The maximum Gasteiger partial charge on any atom is 0.241 e. The SMILES string of the molecule is CC(C)C(N)C(=O)Nc1cccnc1. The highest BCUT2D eigenvalue weighted by atomic mass is 16.2. The lowest BCUT2D eigenvalue weighted by atomic mass is 10.1. The fourth-order valence-electron chi connectivity index (χ4n) is 0.965. The van der Waals surface area contributed by atoms with E-state index in [4.69, 9.17) is 5.73 Å². The first kappa shape index (κ1) is 10.7. The van der Waals surface area contributed by atoms with Gasteiger partial charge < -0.3 is 11.1 Å². The normalized spacial score (nSPS) is 12.6. The highest BCUT2D eigenvalue weighted by Gasteiger charge is 2.16. The number of nitrogens with one attached hydrogen (secondary N) is 1. The average Bonchev–Trinajstić information content (AvgIpc) is 2.18. The van der Waals surface area contributed by atoms with E-state index in [1.165, 1.54) is 0 Å². The van der Waals surface area contributed by atoms with Crippen molar-refractivity contribution in [1.29, 1.82) is 0 Å². The molecule has 0 aliphatic carbocycles. The second kappa shape index (κ2) is 4.72. The van der Waals surface area contributed by atoms with Crippen molar-refractivity contribution in [3.63, 3.8) is 0 Å². The molecule has 0 bridgehead atoms. The van der Waals surface area contributed by atoms with Gasteiger partial charge >= 0.3 is 0 Å². The molecule has 0 saturated heterocycles. The van der Waals surface area contributed by atoms with Crippen molar-refractivity contribution >= 4 is 11.6 Å². The molecule has 76 valence electrons. The summed E-state index contributed by atoms with van der Waals surface area (Å²) in [6, 6.07) is 3.06. The molecule has 0 fully saturated rings. The molecular formula is C10H15N3O. The summed E-state index contributed by atoms with van der Waals surface area (Å²) >= 11 is 0. The predicted octanol–water partition coefficient (Wildman–Crippen LogP) is 1.00. The maximum atomic E-state index is 11.5. The Morgan fingerprint density at radius 3 is 2.79 bits per heavy atom. The molecule has 4 heteroatoms. The number of amides is 1. The molecule has 1 aromatic heterocycles. The molecule has 1 heterocycles. The van der Waals surface area contributed by atoms with Crippen LogP contribution in [0.3, 0.4) is 0 Å². The smallest absolute Gasteiger partial charge is 0.241 e. The van der Waals surface area contributed by atoms with Crippen LogP contribution in [0.2, 0.25) is 0 Å². The van der Waals surface area contributed by atoms with Crippen molar-refractivity contribution in [3.05, 3.63) is 24.5 Å². The molecule has 1 unspecified atom stereocenters. The van der Waals surface area contributed by atoms with Gasteiger partial charge in [-0.05, 0) is 18.1 Å². The van der Waals surface area contributed by atoms with Gasteiger partial charge in [0.25, 0.3) is 0 Å². The molecule has 4 nitrogen and oxygen atoms in total. The van der Waals surface area contributed by atoms with E-state index in [0.29, 0.717) is 5.69 Å². The van der Waals surface area contributed by atoms with Gasteiger partial charge in [0.15, 0.2) is 0 Å². The number of carbonyl (C=O) groups is 1. The van der Waals surface area contributed by atoms with Crippen LogP contribution in [0.25, 0.3) is 0 Å². The second-order valence-electron chi connectivity index (χ2n) is 3.50. The number of nitrogens with two attached hydrogens (primary N) is 1. The lowest BCUT2D eigenvalue weighted by Gasteiger charge is -2.14. The molecule has 3 N–H and O–H groups in total. The predicted molar refractivity (Wildman–Crippen MR) is 55.7 cm³/mol. The van der Waals surface area contributed by atoms with Gasteiger partial charge in [-0.25, -0.2) is 0 Å². The minimum atomic E-state index is -0.477. The van der Waals surface area contributed by atoms with Crippen molar-refractivity contribution in [2.24, 2.45) is 11.7 Å². The van der Waals surface area contributed by atoms with Crippen LogP contribution in [0.4, 0.5) is 5.69 Å². The fourth-order valence-corrected chi connectivity index (χ4v) is 0.965. The third-order valence-corrected chi connectivity index (χ3v) is 1.95. The molecule has 1 atom stereocenters. The Labute approximate surface area is 83.5 Å². The van der Waals surface area contributed by atoms with Gasteiger partial charge in [-0.15, -0.1) is 0 Å². The molecule has 0 spiro atoms. The van der Waals surface area contributed by atoms with Crippen molar-refractivity contribution in [2.75, 3.05) is 5.32 Å². The lowest BCUT2D eigenvalue weighted by Crippen LogP contribution is -2.39. The molecule has 1 aromatic rings. The summed E-state index contributed by atoms with van der Waals surface area (Å²) in [4.78, 5) is 15.4. The molecule has 1 rings (SSSR count). The standard InChI is InChI=1S/C10H15N3O/c1-7(2)9(11)10(14)13-8-4-3-5-12-6-8/h3-7,9H,11H2,1-2H3,(H,13,14). The van der Waals surface area contributed by atoms with E-state index in [-0.39, 0.29) is 11.8 Å². The van der Waals surface area contributed by atoms with Crippen LogP contribution in [-0.2, 0) is 4.79 Å². The van der Waals surface area contributed by atoms with Crippen LogP contribution < -0.4 is 11.1 Å². The Kier molecular flexibility index (Phi) is 3.59. The molecule has 0 radical (unpaired) electrons. The van der Waals surface area contributed by atoms with Crippen LogP contribution in [-0.4, -0.2) is 16.9 Å². The third kappa shape index (κ3) is 2.81. The third-order valence-electron chi connectivity index (χ3n) is 1.95. The quantitative estimate of drug-likeness (QED) is 0.752. The zero-order valence-corrected chi connectivity index (χ0v) is 8.40. The number of nitrogens with zero attached hydrogens (tertiary/aromatic N) is 1. The van der Waals surface area contributed by atoms with E-state index in [1.807, 2.05) is 13.8 Å². The number of carbonyl (C=O) groups excluding carboxylic acids is 1. The molecule has 0 aliphatic rings. The van der Waals surface area contributed by atoms with Crippen LogP contribution >= 0.6 is 0 Å². The zero-order chi connectivity index (χ0) is 10.6. The van der Waals surface area contributed by atoms with Gasteiger partial charge in [0.2, 0.25) is 5.91 Å². The minimum absolute atomic E-state index is 0.131. The average molecular weight is 193 g/mol. The summed E-state index contributed by atoms with van der Waals surface area (Å²) in [5, 5.41) is 2.70. The van der Waals surface area contributed by atoms with Crippen LogP contribution in [0.1, 0.15) is 13.8 Å². The Morgan fingerprint density at radius 1 is 1.57 bits per heavy atom. The summed E-state index contributed by atoms with van der Waals surface area (Å²) < 4.78 is 0. The lowest BCUT2D eigenvalue weighted by molar-refractivity contribution is -0.118. The van der Waals surface area contributed by atoms with Gasteiger partial charge in [0.1, 0.15) is 0 Å². The van der Waals surface area contributed by atoms with Gasteiger partial charge in [-0.1, -0.05) is 13.8 Å². The molecule has 0 aliphatic heterocycles. The highest BCUT2D eigenvalue weighted by molar-refractivity contribution is 5.94. The van der Waals surface area contributed by atoms with E-state index in [0.717, 1.165) is 0 Å². The van der Waals surface area contributed by atoms with Crippen LogP contribution in [0.15, 0.2) is 24.5 Å². The first-order valence-electron chi connectivity index (χ1n) is 4.57. The summed E-state index contributed by atoms with van der Waals surface area (Å²) in [5.41, 5.74) is 6.35. The number of hydrogen-bond donors (Lipinski definition) is 2. The molecule has 0 saturated carbocycles. The summed E-state index contributed by atoms with van der Waals surface area (Å²) in [6.45, 7) is 3.82. The monoisotopic (exact) mass is 193 g/mol. The van der Waals surface area contributed by atoms with Crippen LogP contribution in [0, 0.1) is 5.92 Å². The number of aromatic nitrogens is 1. The Hall–Kier alpha value is -1.42. The number of pyridine rings is 1. The topological polar surface area (TPSA) is 68.0 Å². The Balaban J connectivity index is 2.58. The molecular weight excluding hydrogens is 178 g/mol. The van der Waals surface area contributed by atoms with Crippen molar-refractivity contribution in [3.8, 4) is 0 Å². The zero-order valence-electron chi connectivity index (χ0n) is 8.40. The largest absolute Gasteiger partial charge is 0.323 e.